The van der Waals surface area contributed by atoms with Crippen LogP contribution in [0.25, 0.3) is 0 Å². The van der Waals surface area contributed by atoms with Gasteiger partial charge in [-0.25, -0.2) is 4.79 Å². The Labute approximate surface area is 152 Å². The maximum atomic E-state index is 13.0. The van der Waals surface area contributed by atoms with E-state index in [0.717, 1.165) is 11.3 Å². The number of amides is 1. The van der Waals surface area contributed by atoms with Crippen molar-refractivity contribution in [3.05, 3.63) is 34.9 Å². The zero-order valence-electron chi connectivity index (χ0n) is 14.5. The molecule has 0 spiro atoms. The molecule has 4 nitrogen and oxygen atoms in total. The summed E-state index contributed by atoms with van der Waals surface area (Å²) in [6.45, 7) is 1.90. The van der Waals surface area contributed by atoms with E-state index < -0.39 is 42.2 Å². The number of hydrogen-bond donors (Lipinski definition) is 2. The molecule has 1 aliphatic rings. The summed E-state index contributed by atoms with van der Waals surface area (Å²) in [5.74, 6) is 0. The fourth-order valence-electron chi connectivity index (χ4n) is 3.24. The Bertz CT molecular complexity index is 642. The zero-order valence-corrected chi connectivity index (χ0v) is 14.5. The second-order valence-corrected chi connectivity index (χ2v) is 6.56. The third-order valence-corrected chi connectivity index (χ3v) is 4.65. The first-order valence-corrected chi connectivity index (χ1v) is 8.43. The van der Waals surface area contributed by atoms with Crippen LogP contribution >= 0.6 is 0 Å². The van der Waals surface area contributed by atoms with Crippen molar-refractivity contribution in [2.75, 3.05) is 6.54 Å². The van der Waals surface area contributed by atoms with Crippen LogP contribution in [0.4, 0.5) is 31.1 Å². The molecule has 1 amide bonds. The Hall–Kier alpha value is -1.97. The van der Waals surface area contributed by atoms with Gasteiger partial charge in [0.15, 0.2) is 0 Å². The van der Waals surface area contributed by atoms with Crippen molar-refractivity contribution < 1.29 is 36.2 Å². The molecule has 1 heterocycles. The van der Waals surface area contributed by atoms with Crippen LogP contribution in [0.15, 0.2) is 18.2 Å². The van der Waals surface area contributed by atoms with Crippen molar-refractivity contribution in [2.24, 2.45) is 0 Å². The summed E-state index contributed by atoms with van der Waals surface area (Å²) in [4.78, 5) is 12.6. The number of nitrogens with zero attached hydrogens (tertiary/aromatic N) is 1. The first-order chi connectivity index (χ1) is 12.4. The molecule has 0 aliphatic carbocycles. The third-order valence-electron chi connectivity index (χ3n) is 4.65. The summed E-state index contributed by atoms with van der Waals surface area (Å²) in [6.07, 6.45) is -9.67. The lowest BCUT2D eigenvalue weighted by molar-refractivity contribution is -0.143. The van der Waals surface area contributed by atoms with E-state index in [1.165, 1.54) is 0 Å². The van der Waals surface area contributed by atoms with Gasteiger partial charge in [0, 0.05) is 18.6 Å². The maximum Gasteiger partial charge on any atom is 0.416 e. The molecule has 27 heavy (non-hydrogen) atoms. The average Bonchev–Trinajstić information content (AvgIpc) is 2.57. The van der Waals surface area contributed by atoms with Crippen LogP contribution in [0.3, 0.4) is 0 Å². The molecule has 2 unspecified atom stereocenters. The molecule has 10 heteroatoms. The van der Waals surface area contributed by atoms with Gasteiger partial charge in [0.1, 0.15) is 0 Å². The monoisotopic (exact) mass is 398 g/mol. The average molecular weight is 398 g/mol. The highest BCUT2D eigenvalue weighted by Gasteiger charge is 2.37. The molecule has 0 aromatic heterocycles. The van der Waals surface area contributed by atoms with E-state index in [4.69, 9.17) is 0 Å². The van der Waals surface area contributed by atoms with Crippen LogP contribution in [0.1, 0.15) is 42.9 Å². The van der Waals surface area contributed by atoms with E-state index in [1.807, 2.05) is 6.92 Å². The second-order valence-electron chi connectivity index (χ2n) is 6.56. The molecular weight excluding hydrogens is 378 g/mol. The normalized spacial score (nSPS) is 21.1. The van der Waals surface area contributed by atoms with Crippen LogP contribution in [-0.4, -0.2) is 34.7 Å². The predicted octanol–water partition coefficient (Wildman–Crippen LogP) is 4.73. The first kappa shape index (κ1) is 21.3. The van der Waals surface area contributed by atoms with Gasteiger partial charge in [-0.1, -0.05) is 6.92 Å². The van der Waals surface area contributed by atoms with E-state index in [2.05, 4.69) is 5.32 Å². The van der Waals surface area contributed by atoms with Gasteiger partial charge in [0.25, 0.3) is 0 Å². The molecule has 1 saturated heterocycles. The number of nitrogens with one attached hydrogen (secondary N) is 1. The highest BCUT2D eigenvalue weighted by molar-refractivity contribution is 5.65. The summed E-state index contributed by atoms with van der Waals surface area (Å²) in [7, 11) is 0. The molecule has 2 N–H and O–H groups in total. The fraction of sp³-hybridized carbons (Fsp3) is 0.588. The highest BCUT2D eigenvalue weighted by atomic mass is 19.4. The SMILES string of the molecule is CCC1CC(N(Cc2cc(C(F)(F)F)cc(C(F)(F)F)c2)C(=O)O)CCN1. The van der Waals surface area contributed by atoms with Crippen LogP contribution in [0.5, 0.6) is 0 Å². The molecule has 1 fully saturated rings. The lowest BCUT2D eigenvalue weighted by atomic mass is 9.95. The number of carboxylic acid groups (broad SMARTS) is 1. The summed E-state index contributed by atoms with van der Waals surface area (Å²) in [5.41, 5.74) is -3.24. The van der Waals surface area contributed by atoms with Gasteiger partial charge in [-0.15, -0.1) is 0 Å². The van der Waals surface area contributed by atoms with Crippen molar-refractivity contribution in [1.82, 2.24) is 10.2 Å². The summed E-state index contributed by atoms with van der Waals surface area (Å²) >= 11 is 0. The molecule has 2 atom stereocenters. The van der Waals surface area contributed by atoms with Gasteiger partial charge in [-0.05, 0) is 49.6 Å². The fourth-order valence-corrected chi connectivity index (χ4v) is 3.24. The van der Waals surface area contributed by atoms with E-state index >= 15 is 0 Å². The Morgan fingerprint density at radius 1 is 1.15 bits per heavy atom. The lowest BCUT2D eigenvalue weighted by Crippen LogP contribution is -2.49. The highest BCUT2D eigenvalue weighted by Crippen LogP contribution is 2.36. The predicted molar refractivity (Wildman–Crippen MR) is 85.1 cm³/mol. The smallest absolute Gasteiger partial charge is 0.416 e. The number of alkyl halides is 6. The lowest BCUT2D eigenvalue weighted by Gasteiger charge is -2.36. The molecule has 0 saturated carbocycles. The molecule has 152 valence electrons. The minimum atomic E-state index is -4.97. The van der Waals surface area contributed by atoms with Crippen molar-refractivity contribution in [1.29, 1.82) is 0 Å². The van der Waals surface area contributed by atoms with Crippen LogP contribution < -0.4 is 5.32 Å². The molecule has 1 aromatic rings. The second kappa shape index (κ2) is 7.95. The standard InChI is InChI=1S/C17H20F6N2O2/c1-2-13-8-14(3-4-24-13)25(15(26)27)9-10-5-11(16(18,19)20)7-12(6-10)17(21,22)23/h5-7,13-14,24H,2-4,8-9H2,1H3,(H,26,27). The Morgan fingerprint density at radius 3 is 2.15 bits per heavy atom. The van der Waals surface area contributed by atoms with E-state index in [1.54, 1.807) is 0 Å². The van der Waals surface area contributed by atoms with Gasteiger partial charge in [0.05, 0.1) is 11.1 Å². The van der Waals surface area contributed by atoms with Gasteiger partial charge >= 0.3 is 18.4 Å². The minimum Gasteiger partial charge on any atom is -0.465 e. The summed E-state index contributed by atoms with van der Waals surface area (Å²) in [5, 5.41) is 12.7. The largest absolute Gasteiger partial charge is 0.465 e. The van der Waals surface area contributed by atoms with Gasteiger partial charge in [0.2, 0.25) is 0 Å². The van der Waals surface area contributed by atoms with E-state index in [0.29, 0.717) is 31.5 Å². The Kier molecular flexibility index (Phi) is 6.28. The summed E-state index contributed by atoms with van der Waals surface area (Å²) < 4.78 is 77.9. The first-order valence-electron chi connectivity index (χ1n) is 8.43. The number of hydrogen-bond acceptors (Lipinski definition) is 2. The van der Waals surface area contributed by atoms with Crippen molar-refractivity contribution in [3.8, 4) is 0 Å². The minimum absolute atomic E-state index is 0.0340. The quantitative estimate of drug-likeness (QED) is 0.721. The van der Waals surface area contributed by atoms with E-state index in [-0.39, 0.29) is 17.7 Å². The molecule has 1 aromatic carbocycles. The topological polar surface area (TPSA) is 52.6 Å². The van der Waals surface area contributed by atoms with Gasteiger partial charge in [-0.3, -0.25) is 0 Å². The number of carbonyl (C=O) groups is 1. The molecule has 2 rings (SSSR count). The van der Waals surface area contributed by atoms with Gasteiger partial charge in [-0.2, -0.15) is 26.3 Å². The number of benzene rings is 1. The van der Waals surface area contributed by atoms with E-state index in [9.17, 15) is 36.2 Å². The molecule has 1 aliphatic heterocycles. The Balaban J connectivity index is 2.35. The van der Waals surface area contributed by atoms with Crippen LogP contribution in [-0.2, 0) is 18.9 Å². The van der Waals surface area contributed by atoms with Crippen LogP contribution in [0, 0.1) is 0 Å². The number of halogens is 6. The van der Waals surface area contributed by atoms with Crippen molar-refractivity contribution in [3.63, 3.8) is 0 Å². The summed E-state index contributed by atoms with van der Waals surface area (Å²) in [6, 6.07) is 0.759. The number of piperidine rings is 1. The maximum absolute atomic E-state index is 13.0. The van der Waals surface area contributed by atoms with Crippen LogP contribution in [0.2, 0.25) is 0 Å². The molecule has 0 bridgehead atoms. The van der Waals surface area contributed by atoms with Gasteiger partial charge < -0.3 is 15.3 Å². The Morgan fingerprint density at radius 2 is 1.70 bits per heavy atom. The van der Waals surface area contributed by atoms with Crippen molar-refractivity contribution >= 4 is 6.09 Å². The molecular formula is C17H20F6N2O2. The van der Waals surface area contributed by atoms with Crippen molar-refractivity contribution in [2.45, 2.75) is 57.2 Å². The third kappa shape index (κ3) is 5.50. The zero-order chi connectivity index (χ0) is 20.4. The number of rotatable bonds is 4. The molecule has 0 radical (unpaired) electrons.